The number of ether oxygens (including phenoxy) is 1. The number of thiazole rings is 1. The van der Waals surface area contributed by atoms with Gasteiger partial charge in [0.05, 0.1) is 16.3 Å². The minimum Gasteiger partial charge on any atom is -0.378 e. The van der Waals surface area contributed by atoms with E-state index < -0.39 is 0 Å². The van der Waals surface area contributed by atoms with Crippen molar-refractivity contribution in [2.24, 2.45) is 5.92 Å². The maximum absolute atomic E-state index is 5.71. The Kier molecular flexibility index (Phi) is 3.48. The minimum absolute atomic E-state index is 0.423. The largest absolute Gasteiger partial charge is 0.378 e. The first-order chi connectivity index (χ1) is 8.86. The van der Waals surface area contributed by atoms with E-state index in [1.54, 1.807) is 11.3 Å². The maximum Gasteiger partial charge on any atom is 0.183 e. The van der Waals surface area contributed by atoms with Crippen LogP contribution in [-0.4, -0.2) is 24.2 Å². The lowest BCUT2D eigenvalue weighted by molar-refractivity contribution is 0.0900. The highest BCUT2D eigenvalue weighted by atomic mass is 32.1. The molecule has 0 spiro atoms. The van der Waals surface area contributed by atoms with Gasteiger partial charge in [0, 0.05) is 19.1 Å². The molecule has 2 aromatic rings. The van der Waals surface area contributed by atoms with E-state index in [-0.39, 0.29) is 0 Å². The lowest BCUT2D eigenvalue weighted by Gasteiger charge is -2.16. The third kappa shape index (κ3) is 2.35. The van der Waals surface area contributed by atoms with Crippen LogP contribution < -0.4 is 5.32 Å². The summed E-state index contributed by atoms with van der Waals surface area (Å²) in [5.74, 6) is 0.627. The lowest BCUT2D eigenvalue weighted by Crippen LogP contribution is -2.22. The van der Waals surface area contributed by atoms with Crippen molar-refractivity contribution >= 4 is 26.7 Å². The number of nitrogens with zero attached hydrogens (tertiary/aromatic N) is 1. The molecule has 0 bridgehead atoms. The first-order valence-electron chi connectivity index (χ1n) is 6.58. The molecule has 18 heavy (non-hydrogen) atoms. The molecule has 1 aromatic carbocycles. The fourth-order valence-corrected chi connectivity index (χ4v) is 3.42. The molecule has 0 aliphatic carbocycles. The molecule has 0 amide bonds. The van der Waals surface area contributed by atoms with Crippen molar-refractivity contribution in [3.05, 3.63) is 24.3 Å². The SMILES string of the molecule is CCC1OCCC1CNc1nc2ccccc2s1. The standard InChI is InChI=1S/C14H18N2OS/c1-2-12-10(7-8-17-12)9-15-14-16-11-5-3-4-6-13(11)18-14/h3-6,10,12H,2,7-9H2,1H3,(H,15,16). The van der Waals surface area contributed by atoms with Crippen LogP contribution in [0.25, 0.3) is 10.2 Å². The molecule has 4 heteroatoms. The van der Waals surface area contributed by atoms with Crippen LogP contribution in [0.5, 0.6) is 0 Å². The first kappa shape index (κ1) is 11.9. The summed E-state index contributed by atoms with van der Waals surface area (Å²) in [4.78, 5) is 4.59. The number of para-hydroxylation sites is 1. The highest BCUT2D eigenvalue weighted by Crippen LogP contribution is 2.28. The summed E-state index contributed by atoms with van der Waals surface area (Å²) < 4.78 is 6.95. The lowest BCUT2D eigenvalue weighted by atomic mass is 10.00. The second-order valence-corrected chi connectivity index (χ2v) is 5.76. The molecular weight excluding hydrogens is 244 g/mol. The van der Waals surface area contributed by atoms with E-state index in [1.165, 1.54) is 4.70 Å². The number of hydrogen-bond donors (Lipinski definition) is 1. The minimum atomic E-state index is 0.423. The fraction of sp³-hybridized carbons (Fsp3) is 0.500. The van der Waals surface area contributed by atoms with Gasteiger partial charge in [-0.15, -0.1) is 0 Å². The average Bonchev–Trinajstić information content (AvgIpc) is 3.01. The van der Waals surface area contributed by atoms with Gasteiger partial charge >= 0.3 is 0 Å². The summed E-state index contributed by atoms with van der Waals surface area (Å²) in [7, 11) is 0. The zero-order valence-electron chi connectivity index (χ0n) is 10.6. The molecule has 2 heterocycles. The Morgan fingerprint density at radius 1 is 1.44 bits per heavy atom. The zero-order chi connectivity index (χ0) is 12.4. The Hall–Kier alpha value is -1.13. The number of hydrogen-bond acceptors (Lipinski definition) is 4. The van der Waals surface area contributed by atoms with Gasteiger partial charge in [0.15, 0.2) is 5.13 Å². The summed E-state index contributed by atoms with van der Waals surface area (Å²) in [6.45, 7) is 4.07. The Bertz CT molecular complexity index is 492. The van der Waals surface area contributed by atoms with Gasteiger partial charge in [-0.25, -0.2) is 4.98 Å². The molecule has 0 saturated carbocycles. The van der Waals surface area contributed by atoms with Gasteiger partial charge in [0.25, 0.3) is 0 Å². The second kappa shape index (κ2) is 5.24. The average molecular weight is 262 g/mol. The summed E-state index contributed by atoms with van der Waals surface area (Å²) >= 11 is 1.73. The van der Waals surface area contributed by atoms with E-state index >= 15 is 0 Å². The number of benzene rings is 1. The van der Waals surface area contributed by atoms with Crippen molar-refractivity contribution in [3.8, 4) is 0 Å². The molecule has 2 atom stereocenters. The number of fused-ring (bicyclic) bond motifs is 1. The van der Waals surface area contributed by atoms with Crippen LogP contribution in [0, 0.1) is 5.92 Å². The van der Waals surface area contributed by atoms with Crippen molar-refractivity contribution in [1.82, 2.24) is 4.98 Å². The molecule has 1 aromatic heterocycles. The van der Waals surface area contributed by atoms with Crippen LogP contribution in [0.4, 0.5) is 5.13 Å². The van der Waals surface area contributed by atoms with Gasteiger partial charge in [0.2, 0.25) is 0 Å². The molecule has 1 aliphatic heterocycles. The smallest absolute Gasteiger partial charge is 0.183 e. The monoisotopic (exact) mass is 262 g/mol. The van der Waals surface area contributed by atoms with Crippen LogP contribution in [0.2, 0.25) is 0 Å². The predicted octanol–water partition coefficient (Wildman–Crippen LogP) is 3.52. The number of anilines is 1. The van der Waals surface area contributed by atoms with Crippen molar-refractivity contribution in [1.29, 1.82) is 0 Å². The molecular formula is C14H18N2OS. The topological polar surface area (TPSA) is 34.1 Å². The summed E-state index contributed by atoms with van der Waals surface area (Å²) in [5, 5.41) is 4.49. The number of nitrogens with one attached hydrogen (secondary N) is 1. The van der Waals surface area contributed by atoms with Crippen molar-refractivity contribution in [2.45, 2.75) is 25.9 Å². The predicted molar refractivity (Wildman–Crippen MR) is 76.2 cm³/mol. The normalized spacial score (nSPS) is 23.6. The van der Waals surface area contributed by atoms with Gasteiger partial charge in [0.1, 0.15) is 0 Å². The summed E-state index contributed by atoms with van der Waals surface area (Å²) in [6, 6.07) is 8.27. The van der Waals surface area contributed by atoms with Gasteiger partial charge in [-0.1, -0.05) is 30.4 Å². The molecule has 1 aliphatic rings. The highest BCUT2D eigenvalue weighted by Gasteiger charge is 2.26. The van der Waals surface area contributed by atoms with Gasteiger partial charge < -0.3 is 10.1 Å². The van der Waals surface area contributed by atoms with Crippen LogP contribution in [0.15, 0.2) is 24.3 Å². The van der Waals surface area contributed by atoms with Gasteiger partial charge in [-0.2, -0.15) is 0 Å². The Labute approximate surface area is 111 Å². The van der Waals surface area contributed by atoms with Crippen molar-refractivity contribution < 1.29 is 4.74 Å². The molecule has 1 N–H and O–H groups in total. The molecule has 3 nitrogen and oxygen atoms in total. The first-order valence-corrected chi connectivity index (χ1v) is 7.39. The Morgan fingerprint density at radius 3 is 3.17 bits per heavy atom. The van der Waals surface area contributed by atoms with Crippen molar-refractivity contribution in [2.75, 3.05) is 18.5 Å². The van der Waals surface area contributed by atoms with Gasteiger partial charge in [-0.3, -0.25) is 0 Å². The molecule has 0 radical (unpaired) electrons. The maximum atomic E-state index is 5.71. The molecule has 96 valence electrons. The van der Waals surface area contributed by atoms with Gasteiger partial charge in [-0.05, 0) is 25.0 Å². The van der Waals surface area contributed by atoms with E-state index in [2.05, 4.69) is 35.4 Å². The zero-order valence-corrected chi connectivity index (χ0v) is 11.4. The quantitative estimate of drug-likeness (QED) is 0.915. The fourth-order valence-electron chi connectivity index (χ4n) is 2.54. The third-order valence-electron chi connectivity index (χ3n) is 3.56. The summed E-state index contributed by atoms with van der Waals surface area (Å²) in [6.07, 6.45) is 2.69. The number of rotatable bonds is 4. The van der Waals surface area contributed by atoms with E-state index in [1.807, 2.05) is 6.07 Å². The molecule has 1 fully saturated rings. The van der Waals surface area contributed by atoms with E-state index in [0.29, 0.717) is 12.0 Å². The van der Waals surface area contributed by atoms with Crippen LogP contribution in [0.3, 0.4) is 0 Å². The summed E-state index contributed by atoms with van der Waals surface area (Å²) in [5.41, 5.74) is 1.08. The molecule has 3 rings (SSSR count). The Morgan fingerprint density at radius 2 is 2.33 bits per heavy atom. The van der Waals surface area contributed by atoms with Crippen LogP contribution in [-0.2, 0) is 4.74 Å². The second-order valence-electron chi connectivity index (χ2n) is 4.73. The van der Waals surface area contributed by atoms with E-state index in [0.717, 1.165) is 36.6 Å². The Balaban J connectivity index is 1.66. The van der Waals surface area contributed by atoms with E-state index in [9.17, 15) is 0 Å². The van der Waals surface area contributed by atoms with Crippen LogP contribution in [0.1, 0.15) is 19.8 Å². The molecule has 1 saturated heterocycles. The number of aromatic nitrogens is 1. The molecule has 2 unspecified atom stereocenters. The van der Waals surface area contributed by atoms with Crippen molar-refractivity contribution in [3.63, 3.8) is 0 Å². The van der Waals surface area contributed by atoms with Crippen LogP contribution >= 0.6 is 11.3 Å². The third-order valence-corrected chi connectivity index (χ3v) is 4.55. The highest BCUT2D eigenvalue weighted by molar-refractivity contribution is 7.22. The van der Waals surface area contributed by atoms with E-state index in [4.69, 9.17) is 4.74 Å².